The van der Waals surface area contributed by atoms with E-state index in [1.54, 1.807) is 19.2 Å². The first-order chi connectivity index (χ1) is 16.4. The number of anilines is 1. The number of nitrogens with zero attached hydrogens (tertiary/aromatic N) is 3. The summed E-state index contributed by atoms with van der Waals surface area (Å²) in [6.07, 6.45) is -1.12. The number of carbonyl (C=O) groups excluding carboxylic acids is 2. The fourth-order valence-electron chi connectivity index (χ4n) is 2.50. The molecule has 2 rings (SSSR count). The Balaban J connectivity index is 2.43. The van der Waals surface area contributed by atoms with E-state index in [0.29, 0.717) is 0 Å². The van der Waals surface area contributed by atoms with Crippen LogP contribution >= 0.6 is 34.8 Å². The highest BCUT2D eigenvalue weighted by molar-refractivity contribution is 6.47. The van der Waals surface area contributed by atoms with Crippen molar-refractivity contribution in [3.63, 3.8) is 0 Å². The monoisotopic (exact) mass is 546 g/mol. The van der Waals surface area contributed by atoms with Crippen LogP contribution in [-0.4, -0.2) is 44.7 Å². The minimum Gasteiger partial charge on any atom is -0.504 e. The zero-order valence-corrected chi connectivity index (χ0v) is 20.5. The first-order valence-corrected chi connectivity index (χ1v) is 10.7. The quantitative estimate of drug-likeness (QED) is 0.194. The second-order valence-electron chi connectivity index (χ2n) is 6.73. The first-order valence-electron chi connectivity index (χ1n) is 9.55. The number of carbonyl (C=O) groups is 2. The van der Waals surface area contributed by atoms with Gasteiger partial charge in [0.1, 0.15) is 26.8 Å². The van der Waals surface area contributed by atoms with Crippen LogP contribution in [0.2, 0.25) is 15.1 Å². The van der Waals surface area contributed by atoms with Gasteiger partial charge in [-0.2, -0.15) is 10.4 Å². The molecule has 0 saturated carbocycles. The number of hydrogen-bond donors (Lipinski definition) is 5. The van der Waals surface area contributed by atoms with Crippen LogP contribution in [0.15, 0.2) is 9.90 Å². The Hall–Kier alpha value is -3.73. The number of nitrogens with one attached hydrogen (secondary N) is 3. The van der Waals surface area contributed by atoms with Crippen LogP contribution < -0.4 is 21.0 Å². The first kappa shape index (κ1) is 27.5. The van der Waals surface area contributed by atoms with E-state index in [4.69, 9.17) is 44.8 Å². The van der Waals surface area contributed by atoms with Gasteiger partial charge in [0, 0.05) is 5.56 Å². The fraction of sp³-hybridized carbons (Fsp3) is 0.263. The van der Waals surface area contributed by atoms with Crippen molar-refractivity contribution in [2.24, 2.45) is 5.10 Å². The number of hydrazone groups is 1. The third-order valence-corrected chi connectivity index (χ3v) is 5.15. The van der Waals surface area contributed by atoms with Crippen LogP contribution in [0.5, 0.6) is 23.1 Å². The van der Waals surface area contributed by atoms with Gasteiger partial charge in [-0.3, -0.25) is 20.3 Å². The summed E-state index contributed by atoms with van der Waals surface area (Å²) in [5.41, 5.74) is 0.221. The molecule has 0 aliphatic heterocycles. The van der Waals surface area contributed by atoms with Gasteiger partial charge < -0.3 is 19.7 Å². The number of amides is 2. The highest BCUT2D eigenvalue weighted by Crippen LogP contribution is 2.52. The lowest BCUT2D eigenvalue weighted by molar-refractivity contribution is -0.114. The molecule has 186 valence electrons. The molecule has 0 aliphatic carbocycles. The largest absolute Gasteiger partial charge is 0.504 e. The average molecular weight is 548 g/mol. The molecule has 0 aliphatic rings. The summed E-state index contributed by atoms with van der Waals surface area (Å²) >= 11 is 18.4. The van der Waals surface area contributed by atoms with E-state index < -0.39 is 56.3 Å². The Kier molecular flexibility index (Phi) is 9.12. The number of nitriles is 1. The van der Waals surface area contributed by atoms with E-state index in [9.17, 15) is 24.6 Å². The van der Waals surface area contributed by atoms with Crippen molar-refractivity contribution in [2.45, 2.75) is 26.7 Å². The maximum Gasteiger partial charge on any atom is 0.414 e. The molecule has 13 nitrogen and oxygen atoms in total. The molecule has 0 unspecified atom stereocenters. The van der Waals surface area contributed by atoms with Crippen molar-refractivity contribution in [3.8, 4) is 29.2 Å². The number of halogens is 3. The molecule has 2 amide bonds. The summed E-state index contributed by atoms with van der Waals surface area (Å²) in [6, 6.07) is 1.42. The molecule has 35 heavy (non-hydrogen) atoms. The van der Waals surface area contributed by atoms with E-state index in [1.165, 1.54) is 13.0 Å². The highest BCUT2D eigenvalue weighted by atomic mass is 35.5. The number of benzene rings is 1. The minimum atomic E-state index is -1.23. The van der Waals surface area contributed by atoms with E-state index >= 15 is 0 Å². The molecule has 1 aromatic carbocycles. The zero-order chi connectivity index (χ0) is 26.4. The van der Waals surface area contributed by atoms with Gasteiger partial charge in [-0.15, -0.1) is 5.10 Å². The molecule has 0 atom stereocenters. The Bertz CT molecular complexity index is 1270. The van der Waals surface area contributed by atoms with Gasteiger partial charge in [0.05, 0.1) is 6.61 Å². The van der Waals surface area contributed by atoms with E-state index in [1.807, 2.05) is 0 Å². The van der Waals surface area contributed by atoms with Gasteiger partial charge in [0.2, 0.25) is 5.71 Å². The summed E-state index contributed by atoms with van der Waals surface area (Å²) in [4.78, 5) is 35.2. The molecule has 2 aromatic rings. The lowest BCUT2D eigenvalue weighted by Gasteiger charge is -2.16. The van der Waals surface area contributed by atoms with Crippen molar-refractivity contribution in [3.05, 3.63) is 31.0 Å². The topological polar surface area (TPSA) is 199 Å². The number of alkyl carbamates (subject to hydrolysis) is 1. The van der Waals surface area contributed by atoms with Crippen molar-refractivity contribution in [2.75, 3.05) is 12.0 Å². The smallest absolute Gasteiger partial charge is 0.414 e. The molecule has 16 heteroatoms. The summed E-state index contributed by atoms with van der Waals surface area (Å²) in [7, 11) is 0. The Labute approximate surface area is 212 Å². The second-order valence-corrected chi connectivity index (χ2v) is 7.86. The molecule has 1 heterocycles. The Morgan fingerprint density at radius 3 is 2.31 bits per heavy atom. The molecule has 0 radical (unpaired) electrons. The standard InChI is InChI=1S/C19H17Cl3N6O7/c1-4-34-19(33)24-16(31)7(5-23)25-26-12-13(29)10(21)15(11(22)14(12)30)35-18-9(20)8(6(2)3)17(32)27-28-18/h6,26,29-30H,4H2,1-3H3,(H,27,32)(H,24,31,33)/b25-7+. The van der Waals surface area contributed by atoms with E-state index in [2.05, 4.69) is 25.5 Å². The van der Waals surface area contributed by atoms with Crippen molar-refractivity contribution < 1.29 is 29.3 Å². The summed E-state index contributed by atoms with van der Waals surface area (Å²) in [6.45, 7) is 4.90. The lowest BCUT2D eigenvalue weighted by Crippen LogP contribution is -2.36. The highest BCUT2D eigenvalue weighted by Gasteiger charge is 2.26. The number of H-pyrrole nitrogens is 1. The van der Waals surface area contributed by atoms with Gasteiger partial charge in [-0.05, 0) is 12.8 Å². The number of imide groups is 1. The maximum atomic E-state index is 12.0. The predicted octanol–water partition coefficient (Wildman–Crippen LogP) is 3.62. The Morgan fingerprint density at radius 2 is 1.80 bits per heavy atom. The predicted molar refractivity (Wildman–Crippen MR) is 126 cm³/mol. The van der Waals surface area contributed by atoms with Crippen LogP contribution in [0.4, 0.5) is 10.5 Å². The number of rotatable bonds is 7. The van der Waals surface area contributed by atoms with Gasteiger partial charge in [0.15, 0.2) is 17.2 Å². The molecular formula is C19H17Cl3N6O7. The van der Waals surface area contributed by atoms with Gasteiger partial charge in [0.25, 0.3) is 17.3 Å². The SMILES string of the molecule is CCOC(=O)NC(=O)/C(C#N)=N/Nc1c(O)c(Cl)c(Oc2n[nH]c(=O)c(C(C)C)c2Cl)c(Cl)c1O. The van der Waals surface area contributed by atoms with Crippen LogP contribution in [0.1, 0.15) is 32.3 Å². The minimum absolute atomic E-state index is 0.0257. The lowest BCUT2D eigenvalue weighted by atomic mass is 10.1. The molecule has 0 spiro atoms. The van der Waals surface area contributed by atoms with Crippen molar-refractivity contribution in [1.82, 2.24) is 15.5 Å². The van der Waals surface area contributed by atoms with E-state index in [0.717, 1.165) is 0 Å². The third-order valence-electron chi connectivity index (χ3n) is 4.08. The number of aromatic nitrogens is 2. The zero-order valence-electron chi connectivity index (χ0n) is 18.2. The number of phenols is 2. The number of hydrogen-bond acceptors (Lipinski definition) is 11. The number of phenolic OH excluding ortho intramolecular Hbond substituents is 2. The Morgan fingerprint density at radius 1 is 1.20 bits per heavy atom. The van der Waals surface area contributed by atoms with Gasteiger partial charge in [-0.25, -0.2) is 9.89 Å². The maximum absolute atomic E-state index is 12.0. The van der Waals surface area contributed by atoms with Gasteiger partial charge in [-0.1, -0.05) is 48.7 Å². The summed E-state index contributed by atoms with van der Waals surface area (Å²) in [5, 5.41) is 39.8. The van der Waals surface area contributed by atoms with Crippen molar-refractivity contribution in [1.29, 1.82) is 5.26 Å². The number of aromatic hydroxyl groups is 2. The van der Waals surface area contributed by atoms with Crippen molar-refractivity contribution >= 4 is 58.2 Å². The molecule has 1 aromatic heterocycles. The van der Waals surface area contributed by atoms with Crippen LogP contribution in [0, 0.1) is 11.3 Å². The normalized spacial score (nSPS) is 11.1. The van der Waals surface area contributed by atoms with Crippen LogP contribution in [0.25, 0.3) is 0 Å². The van der Waals surface area contributed by atoms with Crippen LogP contribution in [0.3, 0.4) is 0 Å². The average Bonchev–Trinajstić information content (AvgIpc) is 2.79. The molecular weight excluding hydrogens is 531 g/mol. The molecule has 5 N–H and O–H groups in total. The summed E-state index contributed by atoms with van der Waals surface area (Å²) < 4.78 is 9.97. The summed E-state index contributed by atoms with van der Waals surface area (Å²) in [5.74, 6) is -4.02. The molecule has 0 saturated heterocycles. The number of aromatic amines is 1. The van der Waals surface area contributed by atoms with E-state index in [-0.39, 0.29) is 29.0 Å². The molecule has 0 fully saturated rings. The molecule has 0 bridgehead atoms. The number of ether oxygens (including phenoxy) is 2. The fourth-order valence-corrected chi connectivity index (χ4v) is 3.39. The van der Waals surface area contributed by atoms with Crippen LogP contribution in [-0.2, 0) is 9.53 Å². The third kappa shape index (κ3) is 6.04. The second kappa shape index (κ2) is 11.6. The van der Waals surface area contributed by atoms with Gasteiger partial charge >= 0.3 is 6.09 Å².